The van der Waals surface area contributed by atoms with E-state index in [1.165, 1.54) is 12.3 Å². The molecule has 1 heterocycles. The van der Waals surface area contributed by atoms with Crippen LogP contribution in [0.4, 0.5) is 0 Å². The molecule has 0 radical (unpaired) electrons. The van der Waals surface area contributed by atoms with E-state index in [0.29, 0.717) is 17.5 Å². The number of aryl methyl sites for hydroxylation is 1. The molecule has 10 heavy (non-hydrogen) atoms. The maximum absolute atomic E-state index is 10.8. The van der Waals surface area contributed by atoms with E-state index in [1.54, 1.807) is 6.92 Å². The Kier molecular flexibility index (Phi) is 1.67. The van der Waals surface area contributed by atoms with Gasteiger partial charge in [0.15, 0.2) is 11.7 Å². The van der Waals surface area contributed by atoms with Gasteiger partial charge in [-0.2, -0.15) is 0 Å². The number of aromatic amines is 1. The zero-order valence-electron chi connectivity index (χ0n) is 5.55. The first kappa shape index (κ1) is 6.74. The van der Waals surface area contributed by atoms with Crippen LogP contribution in [-0.2, 0) is 0 Å². The third kappa shape index (κ3) is 1.13. The quantitative estimate of drug-likeness (QED) is 0.573. The van der Waals surface area contributed by atoms with Crippen LogP contribution in [0, 0.1) is 6.92 Å². The fraction of sp³-hybridized carbons (Fsp3) is 0.143. The molecule has 0 aliphatic carbocycles. The van der Waals surface area contributed by atoms with Gasteiger partial charge >= 0.3 is 0 Å². The Balaban J connectivity index is 3.30. The van der Waals surface area contributed by atoms with E-state index < -0.39 is 0 Å². The number of rotatable bonds is 1. The lowest BCUT2D eigenvalue weighted by Gasteiger charge is -1.90. The van der Waals surface area contributed by atoms with Crippen LogP contribution in [0.25, 0.3) is 0 Å². The number of H-pyrrole nitrogens is 1. The molecular formula is C7H7NO2. The molecule has 3 heteroatoms. The maximum atomic E-state index is 10.8. The van der Waals surface area contributed by atoms with Crippen molar-refractivity contribution in [2.24, 2.45) is 0 Å². The van der Waals surface area contributed by atoms with Crippen LogP contribution in [0.1, 0.15) is 16.1 Å². The van der Waals surface area contributed by atoms with Crippen molar-refractivity contribution >= 4 is 6.29 Å². The summed E-state index contributed by atoms with van der Waals surface area (Å²) in [4.78, 5) is 23.6. The molecule has 0 aromatic carbocycles. The van der Waals surface area contributed by atoms with Gasteiger partial charge in [-0.1, -0.05) is 0 Å². The predicted octanol–water partition coefficient (Wildman–Crippen LogP) is 0.496. The fourth-order valence-corrected chi connectivity index (χ4v) is 0.627. The minimum atomic E-state index is -0.110. The van der Waals surface area contributed by atoms with E-state index in [4.69, 9.17) is 0 Å². The van der Waals surface area contributed by atoms with Gasteiger partial charge in [0.25, 0.3) is 0 Å². The van der Waals surface area contributed by atoms with E-state index in [2.05, 4.69) is 4.98 Å². The number of hydrogen-bond acceptors (Lipinski definition) is 2. The minimum Gasteiger partial charge on any atom is -0.359 e. The number of aldehydes is 1. The summed E-state index contributed by atoms with van der Waals surface area (Å²) in [6.45, 7) is 1.69. The van der Waals surface area contributed by atoms with E-state index in [9.17, 15) is 9.59 Å². The van der Waals surface area contributed by atoms with Gasteiger partial charge in [-0.05, 0) is 6.92 Å². The maximum Gasteiger partial charge on any atom is 0.185 e. The molecule has 1 N–H and O–H groups in total. The zero-order chi connectivity index (χ0) is 7.56. The Morgan fingerprint density at radius 1 is 1.60 bits per heavy atom. The average molecular weight is 137 g/mol. The minimum absolute atomic E-state index is 0.110. The van der Waals surface area contributed by atoms with Crippen molar-refractivity contribution < 1.29 is 4.79 Å². The molecule has 0 bridgehead atoms. The SMILES string of the molecule is Cc1c[nH]c(C=O)cc1=O. The summed E-state index contributed by atoms with van der Waals surface area (Å²) in [5.74, 6) is 0. The average Bonchev–Trinajstić information content (AvgIpc) is 1.95. The molecule has 0 spiro atoms. The predicted molar refractivity (Wildman–Crippen MR) is 37.2 cm³/mol. The van der Waals surface area contributed by atoms with Crippen LogP contribution in [0.2, 0.25) is 0 Å². The number of nitrogens with one attached hydrogen (secondary N) is 1. The highest BCUT2D eigenvalue weighted by Crippen LogP contribution is 1.86. The molecule has 0 atom stereocenters. The molecule has 0 aliphatic heterocycles. The van der Waals surface area contributed by atoms with Crippen LogP contribution in [0.5, 0.6) is 0 Å². The Labute approximate surface area is 57.7 Å². The van der Waals surface area contributed by atoms with Crippen LogP contribution in [-0.4, -0.2) is 11.3 Å². The first-order valence-electron chi connectivity index (χ1n) is 2.88. The van der Waals surface area contributed by atoms with Crippen LogP contribution >= 0.6 is 0 Å². The second-order valence-corrected chi connectivity index (χ2v) is 2.05. The molecule has 0 saturated carbocycles. The van der Waals surface area contributed by atoms with Crippen LogP contribution in [0.15, 0.2) is 17.1 Å². The Bertz CT molecular complexity index is 301. The highest BCUT2D eigenvalue weighted by atomic mass is 16.1. The summed E-state index contributed by atoms with van der Waals surface area (Å²) in [7, 11) is 0. The van der Waals surface area contributed by atoms with Crippen molar-refractivity contribution in [3.05, 3.63) is 33.7 Å². The molecule has 52 valence electrons. The number of hydrogen-bond donors (Lipinski definition) is 1. The van der Waals surface area contributed by atoms with Gasteiger partial charge in [0, 0.05) is 17.8 Å². The van der Waals surface area contributed by atoms with Crippen LogP contribution < -0.4 is 5.43 Å². The zero-order valence-corrected chi connectivity index (χ0v) is 5.55. The smallest absolute Gasteiger partial charge is 0.185 e. The topological polar surface area (TPSA) is 49.9 Å². The van der Waals surface area contributed by atoms with Crippen LogP contribution in [0.3, 0.4) is 0 Å². The van der Waals surface area contributed by atoms with Crippen molar-refractivity contribution in [2.45, 2.75) is 6.92 Å². The van der Waals surface area contributed by atoms with Crippen molar-refractivity contribution in [3.63, 3.8) is 0 Å². The summed E-state index contributed by atoms with van der Waals surface area (Å²) >= 11 is 0. The lowest BCUT2D eigenvalue weighted by molar-refractivity contribution is 0.111. The van der Waals surface area contributed by atoms with Gasteiger partial charge in [0.1, 0.15) is 0 Å². The van der Waals surface area contributed by atoms with Gasteiger partial charge in [-0.3, -0.25) is 9.59 Å². The summed E-state index contributed by atoms with van der Waals surface area (Å²) in [6.07, 6.45) is 2.13. The molecule has 0 fully saturated rings. The number of aromatic nitrogens is 1. The molecule has 1 aromatic rings. The highest BCUT2D eigenvalue weighted by Gasteiger charge is 1.92. The largest absolute Gasteiger partial charge is 0.359 e. The van der Waals surface area contributed by atoms with Gasteiger partial charge < -0.3 is 4.98 Å². The molecule has 0 saturated heterocycles. The van der Waals surface area contributed by atoms with Crippen molar-refractivity contribution in [3.8, 4) is 0 Å². The first-order chi connectivity index (χ1) is 4.74. The van der Waals surface area contributed by atoms with Gasteiger partial charge in [0.05, 0.1) is 5.69 Å². The Hall–Kier alpha value is -1.38. The third-order valence-corrected chi connectivity index (χ3v) is 1.26. The summed E-state index contributed by atoms with van der Waals surface area (Å²) < 4.78 is 0. The number of pyridine rings is 1. The van der Waals surface area contributed by atoms with Gasteiger partial charge in [-0.25, -0.2) is 0 Å². The molecule has 1 aromatic heterocycles. The van der Waals surface area contributed by atoms with E-state index in [-0.39, 0.29) is 5.43 Å². The van der Waals surface area contributed by atoms with Gasteiger partial charge in [0.2, 0.25) is 0 Å². The lowest BCUT2D eigenvalue weighted by atomic mass is 10.3. The summed E-state index contributed by atoms with van der Waals surface area (Å²) in [5.41, 5.74) is 0.821. The van der Waals surface area contributed by atoms with Crippen molar-refractivity contribution in [1.82, 2.24) is 4.98 Å². The third-order valence-electron chi connectivity index (χ3n) is 1.26. The number of carbonyl (C=O) groups is 1. The molecule has 0 amide bonds. The van der Waals surface area contributed by atoms with E-state index >= 15 is 0 Å². The first-order valence-corrected chi connectivity index (χ1v) is 2.88. The summed E-state index contributed by atoms with van der Waals surface area (Å²) in [5, 5.41) is 0. The molecular weight excluding hydrogens is 130 g/mol. The molecule has 0 unspecified atom stereocenters. The summed E-state index contributed by atoms with van der Waals surface area (Å²) in [6, 6.07) is 1.28. The van der Waals surface area contributed by atoms with E-state index in [1.807, 2.05) is 0 Å². The highest BCUT2D eigenvalue weighted by molar-refractivity contribution is 5.71. The van der Waals surface area contributed by atoms with Crippen molar-refractivity contribution in [1.29, 1.82) is 0 Å². The molecule has 1 rings (SSSR count). The lowest BCUT2D eigenvalue weighted by Crippen LogP contribution is -2.05. The Morgan fingerprint density at radius 2 is 2.30 bits per heavy atom. The number of carbonyl (C=O) groups excluding carboxylic acids is 1. The van der Waals surface area contributed by atoms with Gasteiger partial charge in [-0.15, -0.1) is 0 Å². The van der Waals surface area contributed by atoms with E-state index in [0.717, 1.165) is 0 Å². The second-order valence-electron chi connectivity index (χ2n) is 2.05. The van der Waals surface area contributed by atoms with Crippen molar-refractivity contribution in [2.75, 3.05) is 0 Å². The normalized spacial score (nSPS) is 9.30. The molecule has 0 aliphatic rings. The Morgan fingerprint density at radius 3 is 2.80 bits per heavy atom. The molecule has 3 nitrogen and oxygen atoms in total. The fourth-order valence-electron chi connectivity index (χ4n) is 0.627. The monoisotopic (exact) mass is 137 g/mol. The standard InChI is InChI=1S/C7H7NO2/c1-5-3-8-6(4-9)2-7(5)10/h2-4H,1H3,(H,8,10). The second kappa shape index (κ2) is 2.47.